The average molecular weight is 333 g/mol. The number of ether oxygens (including phenoxy) is 1. The molecule has 0 fully saturated rings. The zero-order valence-electron chi connectivity index (χ0n) is 10.3. The Morgan fingerprint density at radius 2 is 1.90 bits per heavy atom. The number of aromatic nitrogens is 1. The molecule has 0 aliphatic rings. The molecule has 3 aromatic rings. The van der Waals surface area contributed by atoms with Gasteiger partial charge in [0, 0.05) is 27.8 Å². The van der Waals surface area contributed by atoms with Crippen LogP contribution in [0.4, 0.5) is 10.1 Å². The molecule has 1 heterocycles. The maximum absolute atomic E-state index is 14.1. The van der Waals surface area contributed by atoms with Gasteiger partial charge in [-0.25, -0.2) is 4.39 Å². The predicted molar refractivity (Wildman–Crippen MR) is 80.3 cm³/mol. The third-order valence-corrected chi connectivity index (χ3v) is 3.40. The van der Waals surface area contributed by atoms with Crippen molar-refractivity contribution in [3.05, 3.63) is 59.0 Å². The molecule has 2 aromatic carbocycles. The number of pyridine rings is 1. The van der Waals surface area contributed by atoms with E-state index in [4.69, 9.17) is 10.5 Å². The van der Waals surface area contributed by atoms with Gasteiger partial charge in [0.15, 0.2) is 11.6 Å². The molecule has 0 aliphatic carbocycles. The van der Waals surface area contributed by atoms with Crippen LogP contribution in [0, 0.1) is 5.82 Å². The fraction of sp³-hybridized carbons (Fsp3) is 0. The van der Waals surface area contributed by atoms with Gasteiger partial charge < -0.3 is 10.5 Å². The highest BCUT2D eigenvalue weighted by Crippen LogP contribution is 2.34. The van der Waals surface area contributed by atoms with Crippen molar-refractivity contribution in [2.45, 2.75) is 0 Å². The molecule has 2 N–H and O–H groups in total. The van der Waals surface area contributed by atoms with Gasteiger partial charge in [-0.05, 0) is 36.4 Å². The number of rotatable bonds is 2. The largest absolute Gasteiger partial charge is 0.452 e. The van der Waals surface area contributed by atoms with Crippen LogP contribution in [0.2, 0.25) is 0 Å². The first kappa shape index (κ1) is 12.9. The maximum atomic E-state index is 14.1. The number of benzene rings is 2. The highest BCUT2D eigenvalue weighted by Gasteiger charge is 2.14. The number of halogens is 2. The first-order valence-electron chi connectivity index (χ1n) is 5.91. The average Bonchev–Trinajstić information content (AvgIpc) is 2.45. The summed E-state index contributed by atoms with van der Waals surface area (Å²) in [5.74, 6) is 0.0811. The van der Waals surface area contributed by atoms with Gasteiger partial charge >= 0.3 is 0 Å². The van der Waals surface area contributed by atoms with Gasteiger partial charge in [-0.1, -0.05) is 15.9 Å². The minimum atomic E-state index is -0.531. The standard InChI is InChI=1S/C15H10BrFN2O/c16-9-3-5-10(6-4-9)20-15-12(17)8-13(18)11-2-1-7-19-14(11)15/h1-8H,18H2. The van der Waals surface area contributed by atoms with Crippen LogP contribution >= 0.6 is 15.9 Å². The topological polar surface area (TPSA) is 48.1 Å². The van der Waals surface area contributed by atoms with Crippen molar-refractivity contribution in [3.63, 3.8) is 0 Å². The lowest BCUT2D eigenvalue weighted by molar-refractivity contribution is 0.447. The summed E-state index contributed by atoms with van der Waals surface area (Å²) >= 11 is 3.34. The Kier molecular flexibility index (Phi) is 3.28. The molecule has 1 aromatic heterocycles. The summed E-state index contributed by atoms with van der Waals surface area (Å²) in [6.07, 6.45) is 1.58. The fourth-order valence-electron chi connectivity index (χ4n) is 1.93. The predicted octanol–water partition coefficient (Wildman–Crippen LogP) is 4.51. The molecule has 0 bridgehead atoms. The molecule has 100 valence electrons. The van der Waals surface area contributed by atoms with Crippen LogP contribution in [0.3, 0.4) is 0 Å². The highest BCUT2D eigenvalue weighted by molar-refractivity contribution is 9.10. The summed E-state index contributed by atoms with van der Waals surface area (Å²) in [6, 6.07) is 11.9. The second-order valence-corrected chi connectivity index (χ2v) is 5.15. The molecule has 0 saturated heterocycles. The Labute approximate surface area is 123 Å². The van der Waals surface area contributed by atoms with E-state index in [2.05, 4.69) is 20.9 Å². The Morgan fingerprint density at radius 3 is 2.65 bits per heavy atom. The van der Waals surface area contributed by atoms with Crippen LogP contribution in [0.15, 0.2) is 53.1 Å². The molecule has 0 unspecified atom stereocenters. The van der Waals surface area contributed by atoms with E-state index in [1.165, 1.54) is 6.07 Å². The fourth-order valence-corrected chi connectivity index (χ4v) is 2.19. The number of anilines is 1. The van der Waals surface area contributed by atoms with Crippen molar-refractivity contribution in [1.29, 1.82) is 0 Å². The zero-order valence-corrected chi connectivity index (χ0v) is 11.9. The zero-order chi connectivity index (χ0) is 14.1. The number of hydrogen-bond acceptors (Lipinski definition) is 3. The SMILES string of the molecule is Nc1cc(F)c(Oc2ccc(Br)cc2)c2ncccc12. The molecule has 0 atom stereocenters. The first-order valence-corrected chi connectivity index (χ1v) is 6.70. The van der Waals surface area contributed by atoms with Crippen molar-refractivity contribution in [2.75, 3.05) is 5.73 Å². The van der Waals surface area contributed by atoms with Crippen LogP contribution in [0.5, 0.6) is 11.5 Å². The van der Waals surface area contributed by atoms with Gasteiger partial charge in [0.1, 0.15) is 11.3 Å². The number of fused-ring (bicyclic) bond motifs is 1. The van der Waals surface area contributed by atoms with E-state index in [1.54, 1.807) is 30.5 Å². The maximum Gasteiger partial charge on any atom is 0.189 e. The van der Waals surface area contributed by atoms with Crippen LogP contribution in [0.25, 0.3) is 10.9 Å². The van der Waals surface area contributed by atoms with Gasteiger partial charge in [-0.3, -0.25) is 4.98 Å². The lowest BCUT2D eigenvalue weighted by Crippen LogP contribution is -1.96. The molecule has 0 aliphatic heterocycles. The molecule has 0 radical (unpaired) electrons. The second-order valence-electron chi connectivity index (χ2n) is 4.23. The minimum Gasteiger partial charge on any atom is -0.452 e. The summed E-state index contributed by atoms with van der Waals surface area (Å²) in [5, 5.41) is 0.668. The minimum absolute atomic E-state index is 0.0807. The van der Waals surface area contributed by atoms with E-state index >= 15 is 0 Å². The van der Waals surface area contributed by atoms with Crippen molar-refractivity contribution in [3.8, 4) is 11.5 Å². The number of nitrogens with zero attached hydrogens (tertiary/aromatic N) is 1. The molecule has 0 saturated carbocycles. The summed E-state index contributed by atoms with van der Waals surface area (Å²) in [5.41, 5.74) is 6.55. The van der Waals surface area contributed by atoms with Crippen molar-refractivity contribution in [2.24, 2.45) is 0 Å². The van der Waals surface area contributed by atoms with E-state index in [0.29, 0.717) is 22.3 Å². The van der Waals surface area contributed by atoms with E-state index < -0.39 is 5.82 Å². The number of hydrogen-bond donors (Lipinski definition) is 1. The smallest absolute Gasteiger partial charge is 0.189 e. The van der Waals surface area contributed by atoms with Crippen LogP contribution in [-0.4, -0.2) is 4.98 Å². The van der Waals surface area contributed by atoms with Gasteiger partial charge in [0.2, 0.25) is 0 Å². The highest BCUT2D eigenvalue weighted by atomic mass is 79.9. The van der Waals surface area contributed by atoms with Crippen molar-refractivity contribution < 1.29 is 9.13 Å². The van der Waals surface area contributed by atoms with E-state index in [0.717, 1.165) is 4.47 Å². The molecular weight excluding hydrogens is 323 g/mol. The van der Waals surface area contributed by atoms with Crippen molar-refractivity contribution >= 4 is 32.5 Å². The lowest BCUT2D eigenvalue weighted by Gasteiger charge is -2.11. The van der Waals surface area contributed by atoms with Gasteiger partial charge in [0.25, 0.3) is 0 Å². The monoisotopic (exact) mass is 332 g/mol. The first-order chi connectivity index (χ1) is 9.65. The molecule has 5 heteroatoms. The molecule has 3 rings (SSSR count). The Hall–Kier alpha value is -2.14. The molecule has 0 amide bonds. The third kappa shape index (κ3) is 2.32. The molecular formula is C15H10BrFN2O. The van der Waals surface area contributed by atoms with Crippen LogP contribution in [-0.2, 0) is 0 Å². The van der Waals surface area contributed by atoms with Crippen molar-refractivity contribution in [1.82, 2.24) is 4.98 Å². The van der Waals surface area contributed by atoms with Crippen LogP contribution in [0.1, 0.15) is 0 Å². The van der Waals surface area contributed by atoms with Gasteiger partial charge in [-0.15, -0.1) is 0 Å². The third-order valence-electron chi connectivity index (χ3n) is 2.87. The number of nitrogen functional groups attached to an aromatic ring is 1. The summed E-state index contributed by atoms with van der Waals surface area (Å²) in [4.78, 5) is 4.16. The van der Waals surface area contributed by atoms with E-state index in [9.17, 15) is 4.39 Å². The Bertz CT molecular complexity index is 775. The Morgan fingerprint density at radius 1 is 1.15 bits per heavy atom. The summed E-state index contributed by atoms with van der Waals surface area (Å²) in [6.45, 7) is 0. The molecule has 20 heavy (non-hydrogen) atoms. The molecule has 3 nitrogen and oxygen atoms in total. The quantitative estimate of drug-likeness (QED) is 0.702. The summed E-state index contributed by atoms with van der Waals surface area (Å²) in [7, 11) is 0. The van der Waals surface area contributed by atoms with Gasteiger partial charge in [0.05, 0.1) is 0 Å². The van der Waals surface area contributed by atoms with Crippen LogP contribution < -0.4 is 10.5 Å². The van der Waals surface area contributed by atoms with E-state index in [1.807, 2.05) is 12.1 Å². The number of nitrogens with two attached hydrogens (primary N) is 1. The van der Waals surface area contributed by atoms with Gasteiger partial charge in [-0.2, -0.15) is 0 Å². The second kappa shape index (κ2) is 5.09. The lowest BCUT2D eigenvalue weighted by atomic mass is 10.1. The normalized spacial score (nSPS) is 10.7. The Balaban J connectivity index is 2.13. The molecule has 0 spiro atoms. The van der Waals surface area contributed by atoms with E-state index in [-0.39, 0.29) is 5.75 Å². The summed E-state index contributed by atoms with van der Waals surface area (Å²) < 4.78 is 20.6.